The number of anilines is 1. The fourth-order valence-electron chi connectivity index (χ4n) is 3.01. The van der Waals surface area contributed by atoms with Crippen molar-refractivity contribution in [2.45, 2.75) is 0 Å². The first-order valence-corrected chi connectivity index (χ1v) is 9.57. The molecule has 29 heavy (non-hydrogen) atoms. The maximum Gasteiger partial charge on any atom is 0.331 e. The summed E-state index contributed by atoms with van der Waals surface area (Å²) in [6, 6.07) is 16.4. The molecule has 0 unspecified atom stereocenters. The minimum atomic E-state index is -0.586. The van der Waals surface area contributed by atoms with Crippen LogP contribution in [-0.4, -0.2) is 49.6 Å². The molecular formula is C22H20ClN3O3. The summed E-state index contributed by atoms with van der Waals surface area (Å²) in [6.45, 7) is 2.14. The van der Waals surface area contributed by atoms with E-state index in [4.69, 9.17) is 21.6 Å². The fourth-order valence-corrected chi connectivity index (χ4v) is 3.27. The Balaban J connectivity index is 1.44. The van der Waals surface area contributed by atoms with E-state index < -0.39 is 5.97 Å². The molecule has 1 fully saturated rings. The molecule has 0 spiro atoms. The van der Waals surface area contributed by atoms with Crippen LogP contribution >= 0.6 is 11.6 Å². The molecular weight excluding hydrogens is 390 g/mol. The van der Waals surface area contributed by atoms with Gasteiger partial charge in [0.25, 0.3) is 5.91 Å². The number of nitriles is 1. The third-order valence-corrected chi connectivity index (χ3v) is 4.93. The Bertz CT molecular complexity index is 943. The normalized spacial score (nSPS) is 13.9. The molecule has 0 aromatic heterocycles. The molecule has 1 saturated heterocycles. The van der Waals surface area contributed by atoms with Crippen molar-refractivity contribution in [1.29, 1.82) is 5.26 Å². The number of para-hydroxylation sites is 1. The van der Waals surface area contributed by atoms with Gasteiger partial charge in [0.15, 0.2) is 6.61 Å². The molecule has 6 nitrogen and oxygen atoms in total. The minimum absolute atomic E-state index is 0.219. The zero-order valence-electron chi connectivity index (χ0n) is 15.8. The van der Waals surface area contributed by atoms with Crippen LogP contribution in [0.5, 0.6) is 0 Å². The summed E-state index contributed by atoms with van der Waals surface area (Å²) < 4.78 is 5.05. The molecule has 0 radical (unpaired) electrons. The second-order valence-corrected chi connectivity index (χ2v) is 6.90. The van der Waals surface area contributed by atoms with Gasteiger partial charge in [-0.15, -0.1) is 0 Å². The molecule has 0 atom stereocenters. The second-order valence-electron chi connectivity index (χ2n) is 6.49. The van der Waals surface area contributed by atoms with Crippen molar-refractivity contribution < 1.29 is 14.3 Å². The largest absolute Gasteiger partial charge is 0.452 e. The fraction of sp³-hybridized carbons (Fsp3) is 0.227. The van der Waals surface area contributed by atoms with Crippen molar-refractivity contribution >= 4 is 35.2 Å². The maximum atomic E-state index is 12.3. The molecule has 1 aliphatic heterocycles. The summed E-state index contributed by atoms with van der Waals surface area (Å²) in [5.74, 6) is -0.804. The van der Waals surface area contributed by atoms with Crippen LogP contribution in [0.2, 0.25) is 5.02 Å². The highest BCUT2D eigenvalue weighted by atomic mass is 35.5. The first-order chi connectivity index (χ1) is 14.1. The van der Waals surface area contributed by atoms with Crippen molar-refractivity contribution in [3.05, 3.63) is 70.8 Å². The first-order valence-electron chi connectivity index (χ1n) is 9.19. The Morgan fingerprint density at radius 2 is 1.76 bits per heavy atom. The van der Waals surface area contributed by atoms with Crippen LogP contribution < -0.4 is 4.90 Å². The zero-order chi connectivity index (χ0) is 20.6. The van der Waals surface area contributed by atoms with Gasteiger partial charge >= 0.3 is 5.97 Å². The smallest absolute Gasteiger partial charge is 0.331 e. The number of amides is 1. The first kappa shape index (κ1) is 20.4. The lowest BCUT2D eigenvalue weighted by molar-refractivity contribution is -0.148. The Labute approximate surface area is 174 Å². The van der Waals surface area contributed by atoms with Crippen LogP contribution in [0.15, 0.2) is 54.6 Å². The SMILES string of the molecule is N#Cc1ccc(/C=C/C(=O)OCC(=O)N2CCN(c3ccccc3Cl)CC2)cc1. The highest BCUT2D eigenvalue weighted by molar-refractivity contribution is 6.33. The molecule has 1 amide bonds. The highest BCUT2D eigenvalue weighted by Crippen LogP contribution is 2.26. The number of esters is 1. The highest BCUT2D eigenvalue weighted by Gasteiger charge is 2.22. The molecule has 1 aliphatic rings. The van der Waals surface area contributed by atoms with E-state index in [-0.39, 0.29) is 12.5 Å². The third kappa shape index (κ3) is 5.59. The molecule has 1 heterocycles. The monoisotopic (exact) mass is 409 g/mol. The van der Waals surface area contributed by atoms with Gasteiger partial charge in [0, 0.05) is 32.3 Å². The average Bonchev–Trinajstić information content (AvgIpc) is 2.77. The van der Waals surface area contributed by atoms with E-state index in [0.717, 1.165) is 11.3 Å². The van der Waals surface area contributed by atoms with Gasteiger partial charge in [0.1, 0.15) is 0 Å². The van der Waals surface area contributed by atoms with Gasteiger partial charge in [-0.2, -0.15) is 5.26 Å². The van der Waals surface area contributed by atoms with Crippen LogP contribution in [-0.2, 0) is 14.3 Å². The summed E-state index contributed by atoms with van der Waals surface area (Å²) in [5.41, 5.74) is 2.27. The Hall–Kier alpha value is -3.30. The van der Waals surface area contributed by atoms with Gasteiger partial charge in [-0.1, -0.05) is 35.9 Å². The van der Waals surface area contributed by atoms with Gasteiger partial charge in [0.05, 0.1) is 22.3 Å². The quantitative estimate of drug-likeness (QED) is 0.560. The lowest BCUT2D eigenvalue weighted by Gasteiger charge is -2.36. The molecule has 2 aromatic rings. The topological polar surface area (TPSA) is 73.6 Å². The van der Waals surface area contributed by atoms with Crippen molar-refractivity contribution in [3.63, 3.8) is 0 Å². The third-order valence-electron chi connectivity index (χ3n) is 4.62. The second kappa shape index (κ2) is 9.76. The van der Waals surface area contributed by atoms with Crippen molar-refractivity contribution in [1.82, 2.24) is 4.90 Å². The predicted octanol–water partition coefficient (Wildman–Crippen LogP) is 3.12. The molecule has 148 valence electrons. The van der Waals surface area contributed by atoms with Crippen LogP contribution in [0.1, 0.15) is 11.1 Å². The van der Waals surface area contributed by atoms with Gasteiger partial charge < -0.3 is 14.5 Å². The van der Waals surface area contributed by atoms with Gasteiger partial charge in [0.2, 0.25) is 0 Å². The lowest BCUT2D eigenvalue weighted by Crippen LogP contribution is -2.50. The predicted molar refractivity (Wildman–Crippen MR) is 111 cm³/mol. The van der Waals surface area contributed by atoms with E-state index in [0.29, 0.717) is 36.8 Å². The Morgan fingerprint density at radius 1 is 1.07 bits per heavy atom. The summed E-state index contributed by atoms with van der Waals surface area (Å²) in [4.78, 5) is 28.0. The van der Waals surface area contributed by atoms with Crippen molar-refractivity contribution in [2.24, 2.45) is 0 Å². The summed E-state index contributed by atoms with van der Waals surface area (Å²) >= 11 is 6.23. The van der Waals surface area contributed by atoms with E-state index in [2.05, 4.69) is 4.90 Å². The molecule has 0 N–H and O–H groups in total. The summed E-state index contributed by atoms with van der Waals surface area (Å²) in [7, 11) is 0. The molecule has 3 rings (SSSR count). The molecule has 0 aliphatic carbocycles. The molecule has 0 bridgehead atoms. The van der Waals surface area contributed by atoms with Gasteiger partial charge in [-0.25, -0.2) is 4.79 Å². The molecule has 0 saturated carbocycles. The number of piperazine rings is 1. The number of ether oxygens (including phenoxy) is 1. The molecule has 7 heteroatoms. The number of hydrogen-bond donors (Lipinski definition) is 0. The lowest BCUT2D eigenvalue weighted by atomic mass is 10.1. The van der Waals surface area contributed by atoms with Crippen LogP contribution in [0.4, 0.5) is 5.69 Å². The number of hydrogen-bond acceptors (Lipinski definition) is 5. The number of nitrogens with zero attached hydrogens (tertiary/aromatic N) is 3. The van der Waals surface area contributed by atoms with Crippen LogP contribution in [0, 0.1) is 11.3 Å². The van der Waals surface area contributed by atoms with Crippen molar-refractivity contribution in [2.75, 3.05) is 37.7 Å². The Kier molecular flexibility index (Phi) is 6.88. The van der Waals surface area contributed by atoms with Crippen LogP contribution in [0.3, 0.4) is 0 Å². The van der Waals surface area contributed by atoms with E-state index in [1.54, 1.807) is 35.2 Å². The standard InChI is InChI=1S/C22H20ClN3O3/c23-19-3-1-2-4-20(19)25-11-13-26(14-12-25)21(27)16-29-22(28)10-9-17-5-7-18(15-24)8-6-17/h1-10H,11-14,16H2/b10-9+. The summed E-state index contributed by atoms with van der Waals surface area (Å²) in [5, 5.41) is 9.46. The number of benzene rings is 2. The molecule has 2 aromatic carbocycles. The zero-order valence-corrected chi connectivity index (χ0v) is 16.5. The van der Waals surface area contributed by atoms with E-state index in [1.165, 1.54) is 6.08 Å². The van der Waals surface area contributed by atoms with Crippen LogP contribution in [0.25, 0.3) is 6.08 Å². The number of carbonyl (C=O) groups excluding carboxylic acids is 2. The number of carbonyl (C=O) groups is 2. The number of halogens is 1. The Morgan fingerprint density at radius 3 is 2.41 bits per heavy atom. The maximum absolute atomic E-state index is 12.3. The average molecular weight is 410 g/mol. The minimum Gasteiger partial charge on any atom is -0.452 e. The van der Waals surface area contributed by atoms with Gasteiger partial charge in [-0.3, -0.25) is 4.79 Å². The number of rotatable bonds is 5. The van der Waals surface area contributed by atoms with Gasteiger partial charge in [-0.05, 0) is 35.9 Å². The van der Waals surface area contributed by atoms with E-state index in [1.807, 2.05) is 30.3 Å². The van der Waals surface area contributed by atoms with E-state index in [9.17, 15) is 9.59 Å². The van der Waals surface area contributed by atoms with E-state index >= 15 is 0 Å². The van der Waals surface area contributed by atoms with Crippen molar-refractivity contribution in [3.8, 4) is 6.07 Å². The summed E-state index contributed by atoms with van der Waals surface area (Å²) in [6.07, 6.45) is 2.85.